The molecule has 138 valence electrons. The Balaban J connectivity index is 1.73. The number of nitrogens with zero attached hydrogens (tertiary/aromatic N) is 1. The van der Waals surface area contributed by atoms with Crippen LogP contribution >= 0.6 is 0 Å². The van der Waals surface area contributed by atoms with Crippen LogP contribution in [0.25, 0.3) is 28.2 Å². The Morgan fingerprint density at radius 3 is 2.63 bits per heavy atom. The van der Waals surface area contributed by atoms with Gasteiger partial charge in [-0.25, -0.2) is 9.37 Å². The zero-order valence-corrected chi connectivity index (χ0v) is 15.9. The van der Waals surface area contributed by atoms with Crippen LogP contribution in [0.1, 0.15) is 37.3 Å². The highest BCUT2D eigenvalue weighted by atomic mass is 19.1. The van der Waals surface area contributed by atoms with E-state index in [9.17, 15) is 4.39 Å². The third-order valence-corrected chi connectivity index (χ3v) is 4.63. The zero-order chi connectivity index (χ0) is 19.1. The Morgan fingerprint density at radius 1 is 1.07 bits per heavy atom. The number of allylic oxidation sites excluding steroid dienone is 2. The monoisotopic (exact) mass is 359 g/mol. The highest BCUT2D eigenvalue weighted by Gasteiger charge is 2.03. The van der Waals surface area contributed by atoms with E-state index in [1.54, 1.807) is 6.92 Å². The quantitative estimate of drug-likeness (QED) is 0.307. The van der Waals surface area contributed by atoms with Crippen LogP contribution in [-0.4, -0.2) is 11.2 Å². The van der Waals surface area contributed by atoms with Crippen molar-refractivity contribution in [3.8, 4) is 11.3 Å². The summed E-state index contributed by atoms with van der Waals surface area (Å²) in [5, 5.41) is 1.13. The van der Waals surface area contributed by atoms with E-state index in [0.29, 0.717) is 6.42 Å². The summed E-state index contributed by atoms with van der Waals surface area (Å²) >= 11 is 0. The second-order valence-electron chi connectivity index (χ2n) is 6.95. The van der Waals surface area contributed by atoms with Gasteiger partial charge in [0.15, 0.2) is 0 Å². The van der Waals surface area contributed by atoms with Crippen molar-refractivity contribution in [1.82, 2.24) is 4.98 Å². The van der Waals surface area contributed by atoms with E-state index in [1.165, 1.54) is 5.56 Å². The minimum Gasteiger partial charge on any atom is -0.248 e. The lowest BCUT2D eigenvalue weighted by Crippen LogP contribution is -1.90. The maximum absolute atomic E-state index is 12.8. The van der Waals surface area contributed by atoms with Gasteiger partial charge < -0.3 is 0 Å². The largest absolute Gasteiger partial charge is 0.248 e. The van der Waals surface area contributed by atoms with Gasteiger partial charge in [0.1, 0.15) is 0 Å². The second-order valence-corrected chi connectivity index (χ2v) is 6.95. The number of hydrogen-bond acceptors (Lipinski definition) is 1. The molecule has 0 spiro atoms. The predicted molar refractivity (Wildman–Crippen MR) is 115 cm³/mol. The molecule has 0 saturated heterocycles. The van der Waals surface area contributed by atoms with Gasteiger partial charge in [-0.1, -0.05) is 54.6 Å². The molecule has 1 nitrogen and oxygen atoms in total. The van der Waals surface area contributed by atoms with Gasteiger partial charge in [0, 0.05) is 10.9 Å². The minimum atomic E-state index is -0.711. The number of benzene rings is 2. The first-order valence-corrected chi connectivity index (χ1v) is 9.57. The van der Waals surface area contributed by atoms with Crippen LogP contribution in [-0.2, 0) is 6.42 Å². The number of rotatable bonds is 8. The maximum atomic E-state index is 12.8. The van der Waals surface area contributed by atoms with Crippen LogP contribution in [0, 0.1) is 0 Å². The van der Waals surface area contributed by atoms with Crippen LogP contribution in [0.2, 0.25) is 0 Å². The second kappa shape index (κ2) is 9.27. The van der Waals surface area contributed by atoms with Crippen molar-refractivity contribution in [2.45, 2.75) is 38.8 Å². The van der Waals surface area contributed by atoms with Gasteiger partial charge in [0.25, 0.3) is 0 Å². The number of hydrogen-bond donors (Lipinski definition) is 0. The van der Waals surface area contributed by atoms with E-state index in [1.807, 2.05) is 6.08 Å². The fourth-order valence-corrected chi connectivity index (χ4v) is 3.12. The molecule has 0 amide bonds. The highest BCUT2D eigenvalue weighted by Crippen LogP contribution is 2.23. The lowest BCUT2D eigenvalue weighted by molar-refractivity contribution is 0.335. The first-order valence-electron chi connectivity index (χ1n) is 9.57. The van der Waals surface area contributed by atoms with Crippen molar-refractivity contribution in [3.63, 3.8) is 0 Å². The van der Waals surface area contributed by atoms with Crippen molar-refractivity contribution in [3.05, 3.63) is 84.5 Å². The molecule has 0 fully saturated rings. The average Bonchev–Trinajstić information content (AvgIpc) is 2.68. The van der Waals surface area contributed by atoms with Gasteiger partial charge >= 0.3 is 0 Å². The molecule has 1 heterocycles. The first-order chi connectivity index (χ1) is 13.2. The summed E-state index contributed by atoms with van der Waals surface area (Å²) in [7, 11) is 0. The SMILES string of the molecule is C=CCc1ccc(-c2ccc3cc(C=CCCCC(C)F)ccc3n2)cc1. The average molecular weight is 359 g/mol. The summed E-state index contributed by atoms with van der Waals surface area (Å²) in [5.74, 6) is 0. The third kappa shape index (κ3) is 5.37. The van der Waals surface area contributed by atoms with Gasteiger partial charge in [-0.3, -0.25) is 0 Å². The fourth-order valence-electron chi connectivity index (χ4n) is 3.12. The molecule has 27 heavy (non-hydrogen) atoms. The van der Waals surface area contributed by atoms with Crippen LogP contribution in [0.4, 0.5) is 4.39 Å². The van der Waals surface area contributed by atoms with E-state index in [2.05, 4.69) is 73.3 Å². The topological polar surface area (TPSA) is 12.9 Å². The zero-order valence-electron chi connectivity index (χ0n) is 15.9. The Kier molecular flexibility index (Phi) is 6.54. The van der Waals surface area contributed by atoms with E-state index < -0.39 is 6.17 Å². The summed E-state index contributed by atoms with van der Waals surface area (Å²) in [6.07, 6.45) is 8.74. The van der Waals surface area contributed by atoms with Gasteiger partial charge in [0.05, 0.1) is 17.4 Å². The number of aromatic nitrogens is 1. The summed E-state index contributed by atoms with van der Waals surface area (Å²) < 4.78 is 12.8. The number of alkyl halides is 1. The molecule has 2 aromatic carbocycles. The molecular weight excluding hydrogens is 333 g/mol. The molecule has 0 N–H and O–H groups in total. The predicted octanol–water partition coefficient (Wildman–Crippen LogP) is 7.17. The van der Waals surface area contributed by atoms with Crippen molar-refractivity contribution in [2.75, 3.05) is 0 Å². The van der Waals surface area contributed by atoms with Crippen LogP contribution in [0.3, 0.4) is 0 Å². The van der Waals surface area contributed by atoms with Crippen molar-refractivity contribution >= 4 is 17.0 Å². The molecule has 0 radical (unpaired) electrons. The summed E-state index contributed by atoms with van der Waals surface area (Å²) in [6, 6.07) is 19.0. The van der Waals surface area contributed by atoms with Gasteiger partial charge in [-0.15, -0.1) is 6.58 Å². The third-order valence-electron chi connectivity index (χ3n) is 4.63. The Bertz CT molecular complexity index is 923. The molecule has 0 aliphatic rings. The Labute approximate surface area is 161 Å². The minimum absolute atomic E-state index is 0.628. The number of unbranched alkanes of at least 4 members (excludes halogenated alkanes) is 1. The number of fused-ring (bicyclic) bond motifs is 1. The number of halogens is 1. The molecule has 1 aromatic heterocycles. The summed E-state index contributed by atoms with van der Waals surface area (Å²) in [6.45, 7) is 5.40. The van der Waals surface area contributed by atoms with Gasteiger partial charge in [-0.2, -0.15) is 0 Å². The Morgan fingerprint density at radius 2 is 1.89 bits per heavy atom. The fraction of sp³-hybridized carbons (Fsp3) is 0.240. The van der Waals surface area contributed by atoms with Gasteiger partial charge in [-0.05, 0) is 61.9 Å². The molecule has 0 aliphatic carbocycles. The normalized spacial score (nSPS) is 12.5. The lowest BCUT2D eigenvalue weighted by atomic mass is 10.0. The molecule has 0 aliphatic heterocycles. The number of pyridine rings is 1. The summed E-state index contributed by atoms with van der Waals surface area (Å²) in [4.78, 5) is 4.81. The van der Waals surface area contributed by atoms with Crippen LogP contribution < -0.4 is 0 Å². The molecule has 3 aromatic rings. The molecular formula is C25H26FN. The summed E-state index contributed by atoms with van der Waals surface area (Å²) in [5.41, 5.74) is 5.50. The molecule has 0 saturated carbocycles. The van der Waals surface area contributed by atoms with Crippen LogP contribution in [0.5, 0.6) is 0 Å². The van der Waals surface area contributed by atoms with Crippen molar-refractivity contribution < 1.29 is 4.39 Å². The van der Waals surface area contributed by atoms with E-state index in [4.69, 9.17) is 4.98 Å². The standard InChI is InChI=1S/C25H26FN/c1-3-7-20-10-13-22(14-11-20)24-17-15-23-18-21(12-16-25(23)27-24)9-6-4-5-8-19(2)26/h3,6,9-19H,1,4-5,7-8H2,2H3. The van der Waals surface area contributed by atoms with E-state index >= 15 is 0 Å². The van der Waals surface area contributed by atoms with Crippen LogP contribution in [0.15, 0.2) is 73.3 Å². The molecule has 1 unspecified atom stereocenters. The first kappa shape index (κ1) is 19.0. The van der Waals surface area contributed by atoms with Crippen molar-refractivity contribution in [2.24, 2.45) is 0 Å². The highest BCUT2D eigenvalue weighted by molar-refractivity contribution is 5.83. The molecule has 2 heteroatoms. The van der Waals surface area contributed by atoms with E-state index in [-0.39, 0.29) is 0 Å². The van der Waals surface area contributed by atoms with Gasteiger partial charge in [0.2, 0.25) is 0 Å². The molecule has 1 atom stereocenters. The molecule has 3 rings (SSSR count). The Hall–Kier alpha value is -2.74. The lowest BCUT2D eigenvalue weighted by Gasteiger charge is -2.05. The van der Waals surface area contributed by atoms with Crippen molar-refractivity contribution in [1.29, 1.82) is 0 Å². The maximum Gasteiger partial charge on any atom is 0.0973 e. The molecule has 0 bridgehead atoms. The smallest absolute Gasteiger partial charge is 0.0973 e. The van der Waals surface area contributed by atoms with E-state index in [0.717, 1.165) is 47.0 Å².